The Morgan fingerprint density at radius 1 is 1.24 bits per heavy atom. The smallest absolute Gasteiger partial charge is 0.0415 e. The van der Waals surface area contributed by atoms with Crippen molar-refractivity contribution in [2.45, 2.75) is 45.7 Å². The van der Waals surface area contributed by atoms with Crippen LogP contribution >= 0.6 is 0 Å². The van der Waals surface area contributed by atoms with E-state index >= 15 is 0 Å². The quantitative estimate of drug-likeness (QED) is 0.867. The lowest BCUT2D eigenvalue weighted by atomic mass is 10.0. The van der Waals surface area contributed by atoms with Gasteiger partial charge >= 0.3 is 0 Å². The molecular formula is C18H31N3. The third-order valence-electron chi connectivity index (χ3n) is 4.66. The van der Waals surface area contributed by atoms with Crippen LogP contribution < -0.4 is 10.2 Å². The van der Waals surface area contributed by atoms with Crippen LogP contribution in [-0.2, 0) is 0 Å². The summed E-state index contributed by atoms with van der Waals surface area (Å²) in [7, 11) is 2.23. The number of nitrogens with one attached hydrogen (secondary N) is 1. The third kappa shape index (κ3) is 3.98. The van der Waals surface area contributed by atoms with Gasteiger partial charge in [0.2, 0.25) is 0 Å². The molecule has 21 heavy (non-hydrogen) atoms. The highest BCUT2D eigenvalue weighted by Crippen LogP contribution is 2.29. The van der Waals surface area contributed by atoms with E-state index in [1.54, 1.807) is 0 Å². The Bertz CT molecular complexity index is 432. The summed E-state index contributed by atoms with van der Waals surface area (Å²) in [6.45, 7) is 11.3. The molecule has 1 aliphatic heterocycles. The van der Waals surface area contributed by atoms with Gasteiger partial charge in [0, 0.05) is 37.4 Å². The minimum absolute atomic E-state index is 0.469. The molecule has 2 atom stereocenters. The zero-order chi connectivity index (χ0) is 15.2. The van der Waals surface area contributed by atoms with Crippen molar-refractivity contribution >= 4 is 5.69 Å². The van der Waals surface area contributed by atoms with Crippen LogP contribution in [-0.4, -0.2) is 44.2 Å². The number of rotatable bonds is 6. The largest absolute Gasteiger partial charge is 0.368 e. The van der Waals surface area contributed by atoms with E-state index in [1.165, 1.54) is 17.7 Å². The lowest BCUT2D eigenvalue weighted by molar-refractivity contribution is 0.234. The Hall–Kier alpha value is -1.06. The van der Waals surface area contributed by atoms with Gasteiger partial charge in [-0.15, -0.1) is 0 Å². The van der Waals surface area contributed by atoms with E-state index < -0.39 is 0 Å². The maximum absolute atomic E-state index is 3.70. The predicted octanol–water partition coefficient (Wildman–Crippen LogP) is 3.28. The van der Waals surface area contributed by atoms with Crippen molar-refractivity contribution in [2.75, 3.05) is 38.1 Å². The normalized spacial score (nSPS) is 21.5. The molecular weight excluding hydrogens is 258 g/mol. The highest BCUT2D eigenvalue weighted by atomic mass is 15.3. The molecule has 0 aromatic heterocycles. The number of likely N-dealkylation sites (N-methyl/N-ethyl adjacent to an activating group) is 1. The van der Waals surface area contributed by atoms with Gasteiger partial charge in [0.15, 0.2) is 0 Å². The van der Waals surface area contributed by atoms with Crippen molar-refractivity contribution < 1.29 is 0 Å². The van der Waals surface area contributed by atoms with E-state index in [-0.39, 0.29) is 0 Å². The summed E-state index contributed by atoms with van der Waals surface area (Å²) in [6, 6.07) is 10.0. The van der Waals surface area contributed by atoms with Crippen LogP contribution in [0.2, 0.25) is 0 Å². The van der Waals surface area contributed by atoms with Crippen LogP contribution in [0.3, 0.4) is 0 Å². The van der Waals surface area contributed by atoms with E-state index in [1.807, 2.05) is 0 Å². The SMILES string of the molecule is CCCNC(CC)c1ccccc1N1CCN(C)C(C)C1. The summed E-state index contributed by atoms with van der Waals surface area (Å²) < 4.78 is 0. The van der Waals surface area contributed by atoms with E-state index in [0.717, 1.165) is 32.6 Å². The Balaban J connectivity index is 2.19. The van der Waals surface area contributed by atoms with E-state index in [4.69, 9.17) is 0 Å². The third-order valence-corrected chi connectivity index (χ3v) is 4.66. The standard InChI is InChI=1S/C18H31N3/c1-5-11-19-17(6-2)16-9-7-8-10-18(16)21-13-12-20(4)15(3)14-21/h7-10,15,17,19H,5-6,11-14H2,1-4H3. The van der Waals surface area contributed by atoms with Crippen molar-refractivity contribution in [3.05, 3.63) is 29.8 Å². The Labute approximate surface area is 130 Å². The summed E-state index contributed by atoms with van der Waals surface area (Å²) in [5.41, 5.74) is 2.89. The highest BCUT2D eigenvalue weighted by Gasteiger charge is 2.23. The molecule has 2 rings (SSSR count). The van der Waals surface area contributed by atoms with Crippen molar-refractivity contribution in [1.82, 2.24) is 10.2 Å². The number of nitrogens with zero attached hydrogens (tertiary/aromatic N) is 2. The minimum Gasteiger partial charge on any atom is -0.368 e. The Morgan fingerprint density at radius 2 is 2.00 bits per heavy atom. The average Bonchev–Trinajstić information content (AvgIpc) is 2.51. The fourth-order valence-corrected chi connectivity index (χ4v) is 3.13. The molecule has 3 heteroatoms. The van der Waals surface area contributed by atoms with E-state index in [9.17, 15) is 0 Å². The van der Waals surface area contributed by atoms with Gasteiger partial charge in [0.05, 0.1) is 0 Å². The van der Waals surface area contributed by atoms with Gasteiger partial charge < -0.3 is 15.1 Å². The van der Waals surface area contributed by atoms with Gasteiger partial charge in [-0.3, -0.25) is 0 Å². The summed E-state index contributed by atoms with van der Waals surface area (Å²) in [4.78, 5) is 5.02. The molecule has 3 nitrogen and oxygen atoms in total. The monoisotopic (exact) mass is 289 g/mol. The lowest BCUT2D eigenvalue weighted by Crippen LogP contribution is -2.50. The second kappa shape index (κ2) is 7.81. The van der Waals surface area contributed by atoms with Crippen LogP contribution in [0.4, 0.5) is 5.69 Å². The number of hydrogen-bond donors (Lipinski definition) is 1. The molecule has 1 fully saturated rings. The fraction of sp³-hybridized carbons (Fsp3) is 0.667. The topological polar surface area (TPSA) is 18.5 Å². The Morgan fingerprint density at radius 3 is 2.67 bits per heavy atom. The zero-order valence-electron chi connectivity index (χ0n) is 14.1. The summed E-state index contributed by atoms with van der Waals surface area (Å²) in [5, 5.41) is 3.70. The molecule has 0 radical (unpaired) electrons. The van der Waals surface area contributed by atoms with Crippen LogP contribution in [0.5, 0.6) is 0 Å². The first-order chi connectivity index (χ1) is 10.2. The molecule has 0 spiro atoms. The molecule has 0 saturated carbocycles. The highest BCUT2D eigenvalue weighted by molar-refractivity contribution is 5.55. The number of hydrogen-bond acceptors (Lipinski definition) is 3. The average molecular weight is 289 g/mol. The molecule has 2 unspecified atom stereocenters. The van der Waals surface area contributed by atoms with Crippen molar-refractivity contribution in [3.8, 4) is 0 Å². The maximum Gasteiger partial charge on any atom is 0.0415 e. The van der Waals surface area contributed by atoms with Gasteiger partial charge in [0.1, 0.15) is 0 Å². The first kappa shape index (κ1) is 16.3. The molecule has 118 valence electrons. The first-order valence-corrected chi connectivity index (χ1v) is 8.44. The molecule has 1 aliphatic rings. The number of benzene rings is 1. The summed E-state index contributed by atoms with van der Waals surface area (Å²) >= 11 is 0. The summed E-state index contributed by atoms with van der Waals surface area (Å²) in [6.07, 6.45) is 2.32. The van der Waals surface area contributed by atoms with E-state index in [0.29, 0.717) is 12.1 Å². The molecule has 1 aromatic carbocycles. The molecule has 0 aliphatic carbocycles. The predicted molar refractivity (Wildman–Crippen MR) is 92.1 cm³/mol. The molecule has 1 heterocycles. The van der Waals surface area contributed by atoms with Crippen molar-refractivity contribution in [3.63, 3.8) is 0 Å². The number of piperazine rings is 1. The zero-order valence-corrected chi connectivity index (χ0v) is 14.1. The molecule has 1 N–H and O–H groups in total. The van der Waals surface area contributed by atoms with Crippen LogP contribution in [0.15, 0.2) is 24.3 Å². The minimum atomic E-state index is 0.469. The van der Waals surface area contributed by atoms with Crippen molar-refractivity contribution in [1.29, 1.82) is 0 Å². The second-order valence-electron chi connectivity index (χ2n) is 6.25. The summed E-state index contributed by atoms with van der Waals surface area (Å²) in [5.74, 6) is 0. The lowest BCUT2D eigenvalue weighted by Gasteiger charge is -2.40. The van der Waals surface area contributed by atoms with Gasteiger partial charge in [-0.25, -0.2) is 0 Å². The van der Waals surface area contributed by atoms with Gasteiger partial charge in [-0.2, -0.15) is 0 Å². The molecule has 1 aromatic rings. The fourth-order valence-electron chi connectivity index (χ4n) is 3.13. The van der Waals surface area contributed by atoms with Crippen LogP contribution in [0.1, 0.15) is 45.2 Å². The number of para-hydroxylation sites is 1. The maximum atomic E-state index is 3.70. The second-order valence-corrected chi connectivity index (χ2v) is 6.25. The molecule has 0 bridgehead atoms. The molecule has 0 amide bonds. The van der Waals surface area contributed by atoms with Gasteiger partial charge in [0.25, 0.3) is 0 Å². The van der Waals surface area contributed by atoms with Crippen LogP contribution in [0.25, 0.3) is 0 Å². The van der Waals surface area contributed by atoms with Crippen LogP contribution in [0, 0.1) is 0 Å². The Kier molecular flexibility index (Phi) is 6.07. The first-order valence-electron chi connectivity index (χ1n) is 8.44. The number of anilines is 1. The van der Waals surface area contributed by atoms with E-state index in [2.05, 4.69) is 67.2 Å². The van der Waals surface area contributed by atoms with Crippen molar-refractivity contribution in [2.24, 2.45) is 0 Å². The molecule has 1 saturated heterocycles. The van der Waals surface area contributed by atoms with Gasteiger partial charge in [-0.05, 0) is 45.0 Å². The van der Waals surface area contributed by atoms with Gasteiger partial charge in [-0.1, -0.05) is 32.0 Å².